The molecule has 0 saturated carbocycles. The van der Waals surface area contributed by atoms with Gasteiger partial charge in [0.25, 0.3) is 5.69 Å². The Labute approximate surface area is 98.4 Å². The van der Waals surface area contributed by atoms with E-state index in [0.29, 0.717) is 0 Å². The SMILES string of the molecule is CC(Br)Oc1ccc([N+](=O)[O-])cc1[N+](=O)[O-]. The van der Waals surface area contributed by atoms with Crippen molar-refractivity contribution in [3.63, 3.8) is 0 Å². The fourth-order valence-electron chi connectivity index (χ4n) is 1.04. The van der Waals surface area contributed by atoms with Crippen molar-refractivity contribution < 1.29 is 14.6 Å². The van der Waals surface area contributed by atoms with E-state index in [1.165, 1.54) is 6.07 Å². The monoisotopic (exact) mass is 290 g/mol. The maximum Gasteiger partial charge on any atom is 0.317 e. The molecular formula is C8H7BrN2O5. The van der Waals surface area contributed by atoms with Crippen LogP contribution in [0, 0.1) is 20.2 Å². The minimum atomic E-state index is -0.724. The fraction of sp³-hybridized carbons (Fsp3) is 0.250. The van der Waals surface area contributed by atoms with Gasteiger partial charge in [0, 0.05) is 6.07 Å². The zero-order valence-corrected chi connectivity index (χ0v) is 9.71. The molecule has 0 saturated heterocycles. The van der Waals surface area contributed by atoms with E-state index < -0.39 is 20.5 Å². The third-order valence-electron chi connectivity index (χ3n) is 1.64. The third kappa shape index (κ3) is 2.89. The molecule has 1 unspecified atom stereocenters. The van der Waals surface area contributed by atoms with Crippen LogP contribution in [0.25, 0.3) is 0 Å². The van der Waals surface area contributed by atoms with Crippen LogP contribution >= 0.6 is 15.9 Å². The molecule has 0 aliphatic heterocycles. The number of nitro groups is 2. The smallest absolute Gasteiger partial charge is 0.317 e. The number of non-ortho nitro benzene ring substituents is 1. The molecule has 0 fully saturated rings. The lowest BCUT2D eigenvalue weighted by molar-refractivity contribution is -0.394. The van der Waals surface area contributed by atoms with Crippen molar-refractivity contribution in [3.8, 4) is 5.75 Å². The molecule has 16 heavy (non-hydrogen) atoms. The van der Waals surface area contributed by atoms with Crippen molar-refractivity contribution in [1.82, 2.24) is 0 Å². The van der Waals surface area contributed by atoms with Gasteiger partial charge in [-0.25, -0.2) is 0 Å². The molecule has 0 radical (unpaired) electrons. The van der Waals surface area contributed by atoms with Crippen LogP contribution in [0.4, 0.5) is 11.4 Å². The van der Waals surface area contributed by atoms with Crippen molar-refractivity contribution in [1.29, 1.82) is 0 Å². The lowest BCUT2D eigenvalue weighted by Crippen LogP contribution is -2.04. The number of nitrogens with zero attached hydrogens (tertiary/aromatic N) is 2. The van der Waals surface area contributed by atoms with Crippen LogP contribution in [0.1, 0.15) is 6.92 Å². The van der Waals surface area contributed by atoms with E-state index in [1.54, 1.807) is 6.92 Å². The zero-order chi connectivity index (χ0) is 12.3. The molecule has 1 rings (SSSR count). The second-order valence-electron chi connectivity index (χ2n) is 2.83. The standard InChI is InChI=1S/C8H7BrN2O5/c1-5(9)16-8-3-2-6(10(12)13)4-7(8)11(14)15/h2-5H,1H3. The molecule has 0 N–H and O–H groups in total. The Hall–Kier alpha value is -1.70. The van der Waals surface area contributed by atoms with Gasteiger partial charge in [-0.2, -0.15) is 0 Å². The lowest BCUT2D eigenvalue weighted by atomic mass is 10.2. The predicted octanol–water partition coefficient (Wildman–Crippen LogP) is 2.62. The molecule has 0 heterocycles. The average Bonchev–Trinajstić information content (AvgIpc) is 2.16. The highest BCUT2D eigenvalue weighted by Gasteiger charge is 2.21. The second kappa shape index (κ2) is 4.88. The van der Waals surface area contributed by atoms with Crippen LogP contribution in [-0.2, 0) is 0 Å². The molecule has 0 bridgehead atoms. The van der Waals surface area contributed by atoms with E-state index in [4.69, 9.17) is 4.74 Å². The van der Waals surface area contributed by atoms with Crippen molar-refractivity contribution in [2.45, 2.75) is 11.9 Å². The van der Waals surface area contributed by atoms with Gasteiger partial charge < -0.3 is 4.74 Å². The Morgan fingerprint density at radius 1 is 1.31 bits per heavy atom. The minimum Gasteiger partial charge on any atom is -0.472 e. The highest BCUT2D eigenvalue weighted by atomic mass is 79.9. The summed E-state index contributed by atoms with van der Waals surface area (Å²) in [5.41, 5.74) is -0.776. The molecule has 0 aromatic heterocycles. The summed E-state index contributed by atoms with van der Waals surface area (Å²) in [6.07, 6.45) is 0. The van der Waals surface area contributed by atoms with Crippen molar-refractivity contribution in [2.75, 3.05) is 0 Å². The minimum absolute atomic E-state index is 0.0139. The summed E-state index contributed by atoms with van der Waals surface area (Å²) in [5.74, 6) is -0.0139. The van der Waals surface area contributed by atoms with Gasteiger partial charge in [0.1, 0.15) is 0 Å². The van der Waals surface area contributed by atoms with Crippen LogP contribution in [-0.4, -0.2) is 14.9 Å². The summed E-state index contributed by atoms with van der Waals surface area (Å²) in [7, 11) is 0. The van der Waals surface area contributed by atoms with E-state index in [1.807, 2.05) is 0 Å². The van der Waals surface area contributed by atoms with Gasteiger partial charge in [0.2, 0.25) is 0 Å². The summed E-state index contributed by atoms with van der Waals surface area (Å²) in [4.78, 5) is 19.7. The number of hydrogen-bond acceptors (Lipinski definition) is 5. The first-order valence-electron chi connectivity index (χ1n) is 4.15. The highest BCUT2D eigenvalue weighted by Crippen LogP contribution is 2.32. The first-order chi connectivity index (χ1) is 7.41. The fourth-order valence-corrected chi connectivity index (χ4v) is 1.24. The number of ether oxygens (including phenoxy) is 1. The van der Waals surface area contributed by atoms with Crippen LogP contribution in [0.2, 0.25) is 0 Å². The summed E-state index contributed by atoms with van der Waals surface area (Å²) in [6.45, 7) is 1.63. The quantitative estimate of drug-likeness (QED) is 0.482. The van der Waals surface area contributed by atoms with E-state index in [9.17, 15) is 20.2 Å². The zero-order valence-electron chi connectivity index (χ0n) is 8.12. The molecule has 0 spiro atoms. The average molecular weight is 291 g/mol. The molecule has 1 aromatic carbocycles. The van der Waals surface area contributed by atoms with E-state index in [2.05, 4.69) is 15.9 Å². The Morgan fingerprint density at radius 2 is 1.94 bits per heavy atom. The van der Waals surface area contributed by atoms with Gasteiger partial charge in [-0.15, -0.1) is 0 Å². The van der Waals surface area contributed by atoms with Gasteiger partial charge in [0.15, 0.2) is 10.8 Å². The van der Waals surface area contributed by atoms with Crippen molar-refractivity contribution in [3.05, 3.63) is 38.4 Å². The number of benzene rings is 1. The molecule has 0 amide bonds. The number of alkyl halides is 1. The van der Waals surface area contributed by atoms with Crippen LogP contribution in [0.5, 0.6) is 5.75 Å². The predicted molar refractivity (Wildman–Crippen MR) is 58.8 cm³/mol. The first-order valence-corrected chi connectivity index (χ1v) is 5.07. The largest absolute Gasteiger partial charge is 0.472 e. The maximum atomic E-state index is 10.7. The molecule has 7 nitrogen and oxygen atoms in total. The Bertz CT molecular complexity index is 434. The number of rotatable bonds is 4. The van der Waals surface area contributed by atoms with Gasteiger partial charge in [-0.05, 0) is 28.9 Å². The molecule has 1 atom stereocenters. The lowest BCUT2D eigenvalue weighted by Gasteiger charge is -2.07. The topological polar surface area (TPSA) is 95.5 Å². The van der Waals surface area contributed by atoms with Gasteiger partial charge >= 0.3 is 5.69 Å². The van der Waals surface area contributed by atoms with E-state index >= 15 is 0 Å². The van der Waals surface area contributed by atoms with Gasteiger partial charge in [-0.3, -0.25) is 20.2 Å². The Balaban J connectivity index is 3.19. The molecule has 8 heteroatoms. The molecule has 0 aliphatic rings. The van der Waals surface area contributed by atoms with Crippen molar-refractivity contribution in [2.24, 2.45) is 0 Å². The Kier molecular flexibility index (Phi) is 3.78. The van der Waals surface area contributed by atoms with E-state index in [-0.39, 0.29) is 11.4 Å². The van der Waals surface area contributed by atoms with Gasteiger partial charge in [-0.1, -0.05) is 0 Å². The second-order valence-corrected chi connectivity index (χ2v) is 4.12. The van der Waals surface area contributed by atoms with Gasteiger partial charge in [0.05, 0.1) is 15.9 Å². The summed E-state index contributed by atoms with van der Waals surface area (Å²) in [6, 6.07) is 3.22. The summed E-state index contributed by atoms with van der Waals surface area (Å²) < 4.78 is 5.09. The Morgan fingerprint density at radius 3 is 2.38 bits per heavy atom. The number of halogens is 1. The summed E-state index contributed by atoms with van der Waals surface area (Å²) in [5, 5.41) is 20.7. The molecule has 86 valence electrons. The van der Waals surface area contributed by atoms with E-state index in [0.717, 1.165) is 12.1 Å². The summed E-state index contributed by atoms with van der Waals surface area (Å²) >= 11 is 3.06. The van der Waals surface area contributed by atoms with Crippen LogP contribution in [0.15, 0.2) is 18.2 Å². The molecule has 1 aromatic rings. The third-order valence-corrected chi connectivity index (χ3v) is 1.83. The molecular weight excluding hydrogens is 284 g/mol. The number of nitro benzene ring substituents is 2. The highest BCUT2D eigenvalue weighted by molar-refractivity contribution is 9.09. The maximum absolute atomic E-state index is 10.7. The van der Waals surface area contributed by atoms with Crippen molar-refractivity contribution >= 4 is 27.3 Å². The van der Waals surface area contributed by atoms with Crippen LogP contribution in [0.3, 0.4) is 0 Å². The first kappa shape index (κ1) is 12.4. The number of hydrogen-bond donors (Lipinski definition) is 0. The normalized spacial score (nSPS) is 11.9. The molecule has 0 aliphatic carbocycles. The van der Waals surface area contributed by atoms with Crippen LogP contribution < -0.4 is 4.74 Å².